The summed E-state index contributed by atoms with van der Waals surface area (Å²) in [5, 5.41) is 9.42. The lowest BCUT2D eigenvalue weighted by atomic mass is 10.1. The molecule has 0 spiro atoms. The van der Waals surface area contributed by atoms with E-state index in [1.807, 2.05) is 30.3 Å². The minimum atomic E-state index is -1.10. The van der Waals surface area contributed by atoms with E-state index in [2.05, 4.69) is 0 Å². The number of hydrogen-bond acceptors (Lipinski definition) is 4. The van der Waals surface area contributed by atoms with Crippen LogP contribution in [0.3, 0.4) is 0 Å². The molecule has 0 radical (unpaired) electrons. The molecule has 5 heteroatoms. The van der Waals surface area contributed by atoms with Gasteiger partial charge in [-0.25, -0.2) is 9.59 Å². The fraction of sp³-hybridized carbons (Fsp3) is 0.238. The quantitative estimate of drug-likeness (QED) is 0.618. The highest BCUT2D eigenvalue weighted by atomic mass is 16.6. The average Bonchev–Trinajstić information content (AvgIpc) is 2.57. The van der Waals surface area contributed by atoms with E-state index in [0.29, 0.717) is 17.9 Å². The van der Waals surface area contributed by atoms with Gasteiger partial charge >= 0.3 is 11.9 Å². The molecule has 0 bridgehead atoms. The van der Waals surface area contributed by atoms with Crippen LogP contribution in [0.1, 0.15) is 42.3 Å². The summed E-state index contributed by atoms with van der Waals surface area (Å²) in [5.74, 6) is -1.18. The molecule has 0 aromatic heterocycles. The Morgan fingerprint density at radius 2 is 1.77 bits per heavy atom. The zero-order valence-corrected chi connectivity index (χ0v) is 15.1. The Hall–Kier alpha value is -3.08. The van der Waals surface area contributed by atoms with Crippen molar-refractivity contribution < 1.29 is 24.2 Å². The maximum Gasteiger partial charge on any atom is 0.336 e. The second kappa shape index (κ2) is 8.34. The molecule has 0 aliphatic carbocycles. The highest BCUT2D eigenvalue weighted by Gasteiger charge is 2.15. The molecule has 0 aliphatic heterocycles. The van der Waals surface area contributed by atoms with Gasteiger partial charge in [0.15, 0.2) is 0 Å². The maximum absolute atomic E-state index is 11.8. The molecular formula is C21H22O5. The molecule has 0 saturated heterocycles. The van der Waals surface area contributed by atoms with Gasteiger partial charge in [0.25, 0.3) is 0 Å². The largest absolute Gasteiger partial charge is 0.489 e. The van der Waals surface area contributed by atoms with Crippen LogP contribution in [-0.2, 0) is 16.1 Å². The molecule has 26 heavy (non-hydrogen) atoms. The van der Waals surface area contributed by atoms with E-state index in [0.717, 1.165) is 5.56 Å². The average molecular weight is 354 g/mol. The normalized spacial score (nSPS) is 11.3. The summed E-state index contributed by atoms with van der Waals surface area (Å²) < 4.78 is 10.8. The van der Waals surface area contributed by atoms with Crippen LogP contribution in [0.15, 0.2) is 54.6 Å². The van der Waals surface area contributed by atoms with Crippen molar-refractivity contribution in [1.82, 2.24) is 0 Å². The van der Waals surface area contributed by atoms with Crippen molar-refractivity contribution in [3.8, 4) is 5.75 Å². The minimum Gasteiger partial charge on any atom is -0.489 e. The number of ether oxygens (including phenoxy) is 2. The number of carbonyl (C=O) groups is 2. The van der Waals surface area contributed by atoms with E-state index < -0.39 is 17.5 Å². The Bertz CT molecular complexity index is 801. The number of hydrogen-bond donors (Lipinski definition) is 1. The number of esters is 1. The molecule has 2 rings (SSSR count). The summed E-state index contributed by atoms with van der Waals surface area (Å²) in [4.78, 5) is 23.3. The van der Waals surface area contributed by atoms with Crippen LogP contribution >= 0.6 is 0 Å². The van der Waals surface area contributed by atoms with Crippen molar-refractivity contribution in [2.24, 2.45) is 0 Å². The monoisotopic (exact) mass is 354 g/mol. The van der Waals surface area contributed by atoms with Crippen molar-refractivity contribution >= 4 is 18.0 Å². The lowest BCUT2D eigenvalue weighted by Crippen LogP contribution is -2.22. The highest BCUT2D eigenvalue weighted by molar-refractivity contribution is 5.95. The van der Waals surface area contributed by atoms with Gasteiger partial charge in [-0.05, 0) is 50.1 Å². The van der Waals surface area contributed by atoms with E-state index in [9.17, 15) is 14.7 Å². The molecule has 1 N–H and O–H groups in total. The molecule has 0 unspecified atom stereocenters. The molecule has 0 aliphatic rings. The smallest absolute Gasteiger partial charge is 0.336 e. The molecule has 136 valence electrons. The third-order valence-electron chi connectivity index (χ3n) is 3.31. The first kappa shape index (κ1) is 19.2. The second-order valence-electron chi connectivity index (χ2n) is 6.70. The lowest BCUT2D eigenvalue weighted by Gasteiger charge is -2.17. The number of carboxylic acid groups (broad SMARTS) is 1. The Morgan fingerprint density at radius 1 is 1.08 bits per heavy atom. The first-order chi connectivity index (χ1) is 12.2. The van der Waals surface area contributed by atoms with E-state index >= 15 is 0 Å². The van der Waals surface area contributed by atoms with Gasteiger partial charge in [0.05, 0.1) is 5.56 Å². The Labute approximate surface area is 152 Å². The molecule has 0 heterocycles. The van der Waals surface area contributed by atoms with Crippen molar-refractivity contribution in [3.63, 3.8) is 0 Å². The highest BCUT2D eigenvalue weighted by Crippen LogP contribution is 2.21. The second-order valence-corrected chi connectivity index (χ2v) is 6.70. The molecule has 0 fully saturated rings. The van der Waals surface area contributed by atoms with Gasteiger partial charge < -0.3 is 14.6 Å². The number of benzene rings is 2. The summed E-state index contributed by atoms with van der Waals surface area (Å²) in [6.07, 6.45) is 2.65. The molecule has 0 amide bonds. The van der Waals surface area contributed by atoms with Gasteiger partial charge in [0, 0.05) is 6.08 Å². The molecular weight excluding hydrogens is 332 g/mol. The SMILES string of the molecule is CC(C)(C)OC(=O)C=Cc1ccc(OCc2ccccc2)cc1C(=O)O. The Morgan fingerprint density at radius 3 is 2.38 bits per heavy atom. The number of aromatic carboxylic acids is 1. The third kappa shape index (κ3) is 6.09. The van der Waals surface area contributed by atoms with E-state index in [1.165, 1.54) is 18.2 Å². The first-order valence-corrected chi connectivity index (χ1v) is 8.20. The van der Waals surface area contributed by atoms with Crippen LogP contribution in [-0.4, -0.2) is 22.6 Å². The van der Waals surface area contributed by atoms with E-state index in [4.69, 9.17) is 9.47 Å². The fourth-order valence-corrected chi connectivity index (χ4v) is 2.19. The van der Waals surface area contributed by atoms with Crippen LogP contribution < -0.4 is 4.74 Å². The molecule has 5 nitrogen and oxygen atoms in total. The van der Waals surface area contributed by atoms with Gasteiger partial charge in [0.2, 0.25) is 0 Å². The van der Waals surface area contributed by atoms with Gasteiger partial charge in [-0.2, -0.15) is 0 Å². The summed E-state index contributed by atoms with van der Waals surface area (Å²) in [5.41, 5.74) is 0.829. The van der Waals surface area contributed by atoms with Crippen molar-refractivity contribution in [2.75, 3.05) is 0 Å². The number of rotatable bonds is 6. The Kier molecular flexibility index (Phi) is 6.17. The van der Waals surface area contributed by atoms with Crippen LogP contribution in [0, 0.1) is 0 Å². The Balaban J connectivity index is 2.13. The van der Waals surface area contributed by atoms with Crippen LogP contribution in [0.2, 0.25) is 0 Å². The molecule has 2 aromatic rings. The summed E-state index contributed by atoms with van der Waals surface area (Å²) >= 11 is 0. The fourth-order valence-electron chi connectivity index (χ4n) is 2.19. The minimum absolute atomic E-state index is 0.0513. The summed E-state index contributed by atoms with van der Waals surface area (Å²) in [7, 11) is 0. The predicted molar refractivity (Wildman–Crippen MR) is 99.1 cm³/mol. The van der Waals surface area contributed by atoms with Crippen LogP contribution in [0.4, 0.5) is 0 Å². The first-order valence-electron chi connectivity index (χ1n) is 8.20. The molecule has 2 aromatic carbocycles. The van der Waals surface area contributed by atoms with Crippen molar-refractivity contribution in [1.29, 1.82) is 0 Å². The zero-order valence-electron chi connectivity index (χ0n) is 15.1. The summed E-state index contributed by atoms with van der Waals surface area (Å²) in [6, 6.07) is 14.3. The van der Waals surface area contributed by atoms with E-state index in [1.54, 1.807) is 32.9 Å². The zero-order chi connectivity index (χ0) is 19.2. The predicted octanol–water partition coefficient (Wildman–Crippen LogP) is 4.32. The van der Waals surface area contributed by atoms with Gasteiger partial charge in [-0.15, -0.1) is 0 Å². The number of carbonyl (C=O) groups excluding carboxylic acids is 1. The third-order valence-corrected chi connectivity index (χ3v) is 3.31. The van der Waals surface area contributed by atoms with Gasteiger partial charge in [0.1, 0.15) is 18.0 Å². The number of carboxylic acids is 1. The molecule has 0 atom stereocenters. The van der Waals surface area contributed by atoms with Crippen LogP contribution in [0.25, 0.3) is 6.08 Å². The topological polar surface area (TPSA) is 72.8 Å². The lowest BCUT2D eigenvalue weighted by molar-refractivity contribution is -0.148. The van der Waals surface area contributed by atoms with Gasteiger partial charge in [-0.3, -0.25) is 0 Å². The maximum atomic E-state index is 11.8. The van der Waals surface area contributed by atoms with E-state index in [-0.39, 0.29) is 5.56 Å². The van der Waals surface area contributed by atoms with Crippen molar-refractivity contribution in [3.05, 3.63) is 71.3 Å². The summed E-state index contributed by atoms with van der Waals surface area (Å²) in [6.45, 7) is 5.63. The standard InChI is InChI=1S/C21H22O5/c1-21(2,3)26-19(22)12-10-16-9-11-17(13-18(16)20(23)24)25-14-15-7-5-4-6-8-15/h4-13H,14H2,1-3H3,(H,23,24). The molecule has 0 saturated carbocycles. The van der Waals surface area contributed by atoms with Crippen LogP contribution in [0.5, 0.6) is 5.75 Å². The van der Waals surface area contributed by atoms with Crippen molar-refractivity contribution in [2.45, 2.75) is 33.0 Å². The van der Waals surface area contributed by atoms with Gasteiger partial charge in [-0.1, -0.05) is 36.4 Å².